The molecule has 1 aliphatic heterocycles. The summed E-state index contributed by atoms with van der Waals surface area (Å²) in [5, 5.41) is 0. The fourth-order valence-corrected chi connectivity index (χ4v) is 2.13. The second kappa shape index (κ2) is 2.92. The summed E-state index contributed by atoms with van der Waals surface area (Å²) in [6.07, 6.45) is 0.811. The summed E-state index contributed by atoms with van der Waals surface area (Å²) >= 11 is 0. The number of nitrogens with zero attached hydrogens (tertiary/aromatic N) is 1. The van der Waals surface area contributed by atoms with Crippen LogP contribution in [0.4, 0.5) is 8.78 Å². The molecule has 1 saturated heterocycles. The Morgan fingerprint density at radius 1 is 1.50 bits per heavy atom. The first kappa shape index (κ1) is 9.85. The maximum Gasteiger partial charge on any atom is 0.261 e. The molecule has 1 fully saturated rings. The van der Waals surface area contributed by atoms with Crippen molar-refractivity contribution < 1.29 is 17.2 Å². The number of hydrogen-bond donors (Lipinski definition) is 0. The topological polar surface area (TPSA) is 37.4 Å². The van der Waals surface area contributed by atoms with Gasteiger partial charge in [-0.2, -0.15) is 0 Å². The van der Waals surface area contributed by atoms with E-state index < -0.39 is 22.3 Å². The molecule has 0 aromatic rings. The van der Waals surface area contributed by atoms with Crippen molar-refractivity contribution in [3.63, 3.8) is 0 Å². The fraction of sp³-hybridized carbons (Fsp3) is 1.00. The Labute approximate surface area is 70.3 Å². The maximum atomic E-state index is 12.5. The lowest BCUT2D eigenvalue weighted by Crippen LogP contribution is -2.29. The van der Waals surface area contributed by atoms with Crippen molar-refractivity contribution in [3.05, 3.63) is 0 Å². The van der Waals surface area contributed by atoms with Gasteiger partial charge in [0.25, 0.3) is 5.92 Å². The van der Waals surface area contributed by atoms with Crippen molar-refractivity contribution in [2.24, 2.45) is 0 Å². The van der Waals surface area contributed by atoms with Crippen LogP contribution in [0.25, 0.3) is 0 Å². The molecule has 0 unspecified atom stereocenters. The Morgan fingerprint density at radius 3 is 2.42 bits per heavy atom. The van der Waals surface area contributed by atoms with Crippen molar-refractivity contribution in [1.82, 2.24) is 4.90 Å². The first-order valence-corrected chi connectivity index (χ1v) is 5.62. The van der Waals surface area contributed by atoms with Crippen LogP contribution in [0.2, 0.25) is 0 Å². The molecule has 0 spiro atoms. The average molecular weight is 199 g/mol. The molecule has 0 amide bonds. The minimum atomic E-state index is -3.17. The number of likely N-dealkylation sites (tertiary alicyclic amines) is 1. The molecule has 1 heterocycles. The normalized spacial score (nSPS) is 24.6. The molecule has 0 saturated carbocycles. The molecular weight excluding hydrogens is 188 g/mol. The van der Waals surface area contributed by atoms with Gasteiger partial charge < -0.3 is 0 Å². The van der Waals surface area contributed by atoms with Crippen LogP contribution in [0, 0.1) is 0 Å². The van der Waals surface area contributed by atoms with E-state index in [2.05, 4.69) is 0 Å². The highest BCUT2D eigenvalue weighted by Gasteiger charge is 2.38. The number of rotatable bonds is 2. The van der Waals surface area contributed by atoms with Crippen LogP contribution in [0.1, 0.15) is 6.42 Å². The zero-order chi connectivity index (χ0) is 9.41. The summed E-state index contributed by atoms with van der Waals surface area (Å²) < 4.78 is 46.5. The minimum absolute atomic E-state index is 0.167. The van der Waals surface area contributed by atoms with Crippen LogP contribution in [0.15, 0.2) is 0 Å². The van der Waals surface area contributed by atoms with Crippen LogP contribution in [-0.4, -0.2) is 44.5 Å². The van der Waals surface area contributed by atoms with Gasteiger partial charge in [-0.05, 0) is 0 Å². The molecule has 12 heavy (non-hydrogen) atoms. The smallest absolute Gasteiger partial charge is 0.261 e. The highest BCUT2D eigenvalue weighted by Crippen LogP contribution is 2.26. The van der Waals surface area contributed by atoms with E-state index in [4.69, 9.17) is 0 Å². The molecule has 0 aromatic heterocycles. The first-order chi connectivity index (χ1) is 5.29. The Kier molecular flexibility index (Phi) is 2.40. The highest BCUT2D eigenvalue weighted by molar-refractivity contribution is 7.90. The largest absolute Gasteiger partial charge is 0.284 e. The number of hydrogen-bond acceptors (Lipinski definition) is 3. The quantitative estimate of drug-likeness (QED) is 0.643. The standard InChI is InChI=1S/C6H11F2NO2S/c1-12(10,11)5-9-3-2-6(7,8)4-9/h2-5H2,1H3. The Bertz CT molecular complexity index is 263. The third-order valence-corrected chi connectivity index (χ3v) is 2.50. The summed E-state index contributed by atoms with van der Waals surface area (Å²) in [4.78, 5) is 1.26. The molecule has 0 aliphatic carbocycles. The summed E-state index contributed by atoms with van der Waals surface area (Å²) in [6.45, 7) is -0.264. The fourth-order valence-electron chi connectivity index (χ4n) is 1.25. The van der Waals surface area contributed by atoms with Gasteiger partial charge in [0.05, 0.1) is 6.54 Å². The van der Waals surface area contributed by atoms with Crippen molar-refractivity contribution in [1.29, 1.82) is 0 Å². The van der Waals surface area contributed by atoms with E-state index >= 15 is 0 Å². The second-order valence-electron chi connectivity index (χ2n) is 3.21. The van der Waals surface area contributed by atoms with Gasteiger partial charge in [-0.15, -0.1) is 0 Å². The molecule has 0 bridgehead atoms. The highest BCUT2D eigenvalue weighted by atomic mass is 32.2. The lowest BCUT2D eigenvalue weighted by atomic mass is 10.3. The zero-order valence-electron chi connectivity index (χ0n) is 6.76. The Balaban J connectivity index is 2.49. The van der Waals surface area contributed by atoms with Crippen LogP contribution < -0.4 is 0 Å². The van der Waals surface area contributed by atoms with E-state index in [0.717, 1.165) is 6.26 Å². The minimum Gasteiger partial charge on any atom is -0.284 e. The monoisotopic (exact) mass is 199 g/mol. The summed E-state index contributed by atoms with van der Waals surface area (Å²) in [5.74, 6) is -2.97. The first-order valence-electron chi connectivity index (χ1n) is 3.56. The Morgan fingerprint density at radius 2 is 2.08 bits per heavy atom. The van der Waals surface area contributed by atoms with Gasteiger partial charge in [0.2, 0.25) is 0 Å². The third-order valence-electron chi connectivity index (χ3n) is 1.67. The van der Waals surface area contributed by atoms with Crippen molar-refractivity contribution in [2.75, 3.05) is 25.2 Å². The molecule has 0 radical (unpaired) electrons. The van der Waals surface area contributed by atoms with E-state index in [1.165, 1.54) is 4.90 Å². The van der Waals surface area contributed by atoms with Gasteiger partial charge >= 0.3 is 0 Å². The molecule has 0 aromatic carbocycles. The van der Waals surface area contributed by atoms with Gasteiger partial charge in [0.1, 0.15) is 5.88 Å². The van der Waals surface area contributed by atoms with E-state index in [9.17, 15) is 17.2 Å². The Hall–Kier alpha value is -0.230. The second-order valence-corrected chi connectivity index (χ2v) is 5.32. The van der Waals surface area contributed by atoms with Gasteiger partial charge in [-0.1, -0.05) is 0 Å². The number of sulfone groups is 1. The van der Waals surface area contributed by atoms with Crippen LogP contribution in [0.3, 0.4) is 0 Å². The summed E-state index contributed by atoms with van der Waals surface area (Å²) in [7, 11) is -3.17. The van der Waals surface area contributed by atoms with Crippen molar-refractivity contribution in [2.45, 2.75) is 12.3 Å². The molecule has 0 N–H and O–H groups in total. The van der Waals surface area contributed by atoms with E-state index in [1.807, 2.05) is 0 Å². The molecule has 1 rings (SSSR count). The van der Waals surface area contributed by atoms with Crippen molar-refractivity contribution >= 4 is 9.84 Å². The van der Waals surface area contributed by atoms with Gasteiger partial charge in [0, 0.05) is 19.2 Å². The lowest BCUT2D eigenvalue weighted by molar-refractivity contribution is 0.0139. The summed E-state index contributed by atoms with van der Waals surface area (Å²) in [6, 6.07) is 0. The van der Waals surface area contributed by atoms with Gasteiger partial charge in [0.15, 0.2) is 9.84 Å². The van der Waals surface area contributed by atoms with E-state index in [0.29, 0.717) is 0 Å². The van der Waals surface area contributed by atoms with Crippen LogP contribution in [-0.2, 0) is 9.84 Å². The maximum absolute atomic E-state index is 12.5. The van der Waals surface area contributed by atoms with Gasteiger partial charge in [-0.3, -0.25) is 4.90 Å². The molecule has 6 heteroatoms. The zero-order valence-corrected chi connectivity index (χ0v) is 7.57. The number of halogens is 2. The molecule has 1 aliphatic rings. The molecule has 3 nitrogen and oxygen atoms in total. The molecule has 0 atom stereocenters. The van der Waals surface area contributed by atoms with Gasteiger partial charge in [-0.25, -0.2) is 17.2 Å². The predicted octanol–water partition coefficient (Wildman–Crippen LogP) is 0.330. The summed E-state index contributed by atoms with van der Waals surface area (Å²) in [5.41, 5.74) is 0. The van der Waals surface area contributed by atoms with Crippen molar-refractivity contribution in [3.8, 4) is 0 Å². The molecular formula is C6H11F2NO2S. The van der Waals surface area contributed by atoms with E-state index in [-0.39, 0.29) is 18.8 Å². The van der Waals surface area contributed by atoms with E-state index in [1.54, 1.807) is 0 Å². The van der Waals surface area contributed by atoms with Crippen LogP contribution >= 0.6 is 0 Å². The SMILES string of the molecule is CS(=O)(=O)CN1CCC(F)(F)C1. The van der Waals surface area contributed by atoms with Crippen LogP contribution in [0.5, 0.6) is 0 Å². The number of alkyl halides is 2. The predicted molar refractivity (Wildman–Crippen MR) is 40.8 cm³/mol. The average Bonchev–Trinajstić information content (AvgIpc) is 2.05. The lowest BCUT2D eigenvalue weighted by Gasteiger charge is -2.13. The molecule has 72 valence electrons. The third kappa shape index (κ3) is 3.02.